The van der Waals surface area contributed by atoms with Crippen LogP contribution in [0, 0.1) is 5.92 Å². The van der Waals surface area contributed by atoms with Crippen LogP contribution in [0.3, 0.4) is 0 Å². The van der Waals surface area contributed by atoms with E-state index in [9.17, 15) is 0 Å². The highest BCUT2D eigenvalue weighted by Gasteiger charge is 2.10. The number of hydrogen-bond acceptors (Lipinski definition) is 2. The van der Waals surface area contributed by atoms with Crippen LogP contribution in [0.2, 0.25) is 10.0 Å². The van der Waals surface area contributed by atoms with Gasteiger partial charge in [-0.25, -0.2) is 0 Å². The molecule has 17 heavy (non-hydrogen) atoms. The van der Waals surface area contributed by atoms with Crippen molar-refractivity contribution in [2.24, 2.45) is 5.92 Å². The minimum atomic E-state index is 0.527. The van der Waals surface area contributed by atoms with Gasteiger partial charge < -0.3 is 4.57 Å². The summed E-state index contributed by atoms with van der Waals surface area (Å²) >= 11 is 12.0. The van der Waals surface area contributed by atoms with Crippen LogP contribution in [0.4, 0.5) is 0 Å². The Morgan fingerprint density at radius 3 is 2.41 bits per heavy atom. The molecule has 1 aromatic carbocycles. The molecular formula is C12H13Cl2N3. The average Bonchev–Trinajstić information content (AvgIpc) is 2.63. The fraction of sp³-hybridized carbons (Fsp3) is 0.333. The molecule has 3 nitrogen and oxygen atoms in total. The van der Waals surface area contributed by atoms with Crippen molar-refractivity contribution in [2.45, 2.75) is 20.4 Å². The zero-order chi connectivity index (χ0) is 12.4. The number of hydrogen-bond donors (Lipinski definition) is 0. The molecule has 0 fully saturated rings. The van der Waals surface area contributed by atoms with Crippen LogP contribution in [0.15, 0.2) is 24.5 Å². The molecule has 0 amide bonds. The summed E-state index contributed by atoms with van der Waals surface area (Å²) in [5.74, 6) is 1.32. The molecule has 0 radical (unpaired) electrons. The normalized spacial score (nSPS) is 11.1. The van der Waals surface area contributed by atoms with Crippen molar-refractivity contribution in [1.29, 1.82) is 0 Å². The maximum absolute atomic E-state index is 5.98. The molecule has 0 N–H and O–H groups in total. The summed E-state index contributed by atoms with van der Waals surface area (Å²) in [7, 11) is 0. The summed E-state index contributed by atoms with van der Waals surface area (Å²) in [6.07, 6.45) is 1.73. The van der Waals surface area contributed by atoms with Crippen LogP contribution >= 0.6 is 23.2 Å². The van der Waals surface area contributed by atoms with Crippen molar-refractivity contribution < 1.29 is 0 Å². The molecule has 2 aromatic rings. The highest BCUT2D eigenvalue weighted by Crippen LogP contribution is 2.26. The molecule has 5 heteroatoms. The number of rotatable bonds is 3. The maximum Gasteiger partial charge on any atom is 0.163 e. The third-order valence-electron chi connectivity index (χ3n) is 2.30. The van der Waals surface area contributed by atoms with E-state index < -0.39 is 0 Å². The van der Waals surface area contributed by atoms with E-state index in [1.807, 2.05) is 16.7 Å². The molecule has 0 aliphatic carbocycles. The van der Waals surface area contributed by atoms with Gasteiger partial charge in [-0.3, -0.25) is 0 Å². The Bertz CT molecular complexity index is 500. The lowest BCUT2D eigenvalue weighted by molar-refractivity contribution is 0.525. The molecule has 2 rings (SSSR count). The lowest BCUT2D eigenvalue weighted by atomic mass is 10.2. The van der Waals surface area contributed by atoms with Gasteiger partial charge in [0.05, 0.1) is 0 Å². The zero-order valence-electron chi connectivity index (χ0n) is 9.69. The van der Waals surface area contributed by atoms with Crippen molar-refractivity contribution >= 4 is 23.2 Å². The summed E-state index contributed by atoms with van der Waals surface area (Å²) in [6.45, 7) is 5.16. The van der Waals surface area contributed by atoms with Crippen LogP contribution in [-0.2, 0) is 6.54 Å². The largest absolute Gasteiger partial charge is 0.313 e. The van der Waals surface area contributed by atoms with E-state index >= 15 is 0 Å². The van der Waals surface area contributed by atoms with E-state index in [1.54, 1.807) is 12.4 Å². The smallest absolute Gasteiger partial charge is 0.163 e. The SMILES string of the molecule is CC(C)Cn1cnnc1-c1cc(Cl)cc(Cl)c1. The minimum Gasteiger partial charge on any atom is -0.313 e. The first kappa shape index (κ1) is 12.4. The second-order valence-corrected chi connectivity index (χ2v) is 5.23. The van der Waals surface area contributed by atoms with Crippen LogP contribution in [0.25, 0.3) is 11.4 Å². The van der Waals surface area contributed by atoms with Gasteiger partial charge in [0.1, 0.15) is 6.33 Å². The standard InChI is InChI=1S/C12H13Cl2N3/c1-8(2)6-17-7-15-16-12(17)9-3-10(13)5-11(14)4-9/h3-5,7-8H,6H2,1-2H3. The van der Waals surface area contributed by atoms with Gasteiger partial charge in [0.15, 0.2) is 5.82 Å². The van der Waals surface area contributed by atoms with Crippen LogP contribution < -0.4 is 0 Å². The molecule has 0 bridgehead atoms. The molecule has 0 saturated carbocycles. The lowest BCUT2D eigenvalue weighted by Gasteiger charge is -2.09. The third-order valence-corrected chi connectivity index (χ3v) is 2.73. The molecule has 0 unspecified atom stereocenters. The van der Waals surface area contributed by atoms with Gasteiger partial charge in [0.2, 0.25) is 0 Å². The van der Waals surface area contributed by atoms with Crippen molar-refractivity contribution in [1.82, 2.24) is 14.8 Å². The molecule has 0 aliphatic heterocycles. The first-order chi connectivity index (χ1) is 8.06. The first-order valence-electron chi connectivity index (χ1n) is 5.40. The van der Waals surface area contributed by atoms with Gasteiger partial charge in [-0.15, -0.1) is 10.2 Å². The number of nitrogens with zero attached hydrogens (tertiary/aromatic N) is 3. The van der Waals surface area contributed by atoms with Crippen LogP contribution in [0.1, 0.15) is 13.8 Å². The molecule has 0 atom stereocenters. The fourth-order valence-corrected chi connectivity index (χ4v) is 2.21. The summed E-state index contributed by atoms with van der Waals surface area (Å²) in [4.78, 5) is 0. The summed E-state index contributed by atoms with van der Waals surface area (Å²) in [5.41, 5.74) is 0.889. The molecule has 1 heterocycles. The van der Waals surface area contributed by atoms with Gasteiger partial charge in [0, 0.05) is 22.2 Å². The Balaban J connectivity index is 2.42. The number of benzene rings is 1. The van der Waals surface area contributed by atoms with E-state index in [4.69, 9.17) is 23.2 Å². The second-order valence-electron chi connectivity index (χ2n) is 4.36. The highest BCUT2D eigenvalue weighted by atomic mass is 35.5. The monoisotopic (exact) mass is 269 g/mol. The number of halogens is 2. The fourth-order valence-electron chi connectivity index (χ4n) is 1.69. The Morgan fingerprint density at radius 2 is 1.82 bits per heavy atom. The summed E-state index contributed by atoms with van der Waals surface area (Å²) in [6, 6.07) is 5.39. The van der Waals surface area contributed by atoms with Crippen LogP contribution in [0.5, 0.6) is 0 Å². The van der Waals surface area contributed by atoms with E-state index in [1.165, 1.54) is 0 Å². The Hall–Kier alpha value is -1.06. The van der Waals surface area contributed by atoms with Gasteiger partial charge in [0.25, 0.3) is 0 Å². The highest BCUT2D eigenvalue weighted by molar-refractivity contribution is 6.35. The molecule has 90 valence electrons. The first-order valence-corrected chi connectivity index (χ1v) is 6.16. The lowest BCUT2D eigenvalue weighted by Crippen LogP contribution is -2.05. The predicted octanol–water partition coefficient (Wildman–Crippen LogP) is 3.91. The van der Waals surface area contributed by atoms with Crippen molar-refractivity contribution in [3.63, 3.8) is 0 Å². The minimum absolute atomic E-state index is 0.527. The van der Waals surface area contributed by atoms with Gasteiger partial charge >= 0.3 is 0 Å². The van der Waals surface area contributed by atoms with Crippen molar-refractivity contribution in [3.05, 3.63) is 34.6 Å². The second kappa shape index (κ2) is 5.07. The maximum atomic E-state index is 5.98. The molecule has 0 saturated heterocycles. The Kier molecular flexibility index (Phi) is 3.69. The van der Waals surface area contributed by atoms with E-state index in [0.717, 1.165) is 17.9 Å². The van der Waals surface area contributed by atoms with Gasteiger partial charge in [-0.05, 0) is 24.1 Å². The topological polar surface area (TPSA) is 30.7 Å². The zero-order valence-corrected chi connectivity index (χ0v) is 11.2. The molecule has 0 aliphatic rings. The van der Waals surface area contributed by atoms with Crippen molar-refractivity contribution in [2.75, 3.05) is 0 Å². The summed E-state index contributed by atoms with van der Waals surface area (Å²) in [5, 5.41) is 9.26. The van der Waals surface area contributed by atoms with Gasteiger partial charge in [-0.1, -0.05) is 37.0 Å². The van der Waals surface area contributed by atoms with Gasteiger partial charge in [-0.2, -0.15) is 0 Å². The molecular weight excluding hydrogens is 257 g/mol. The van der Waals surface area contributed by atoms with Crippen LogP contribution in [-0.4, -0.2) is 14.8 Å². The quantitative estimate of drug-likeness (QED) is 0.846. The average molecular weight is 270 g/mol. The van der Waals surface area contributed by atoms with Crippen molar-refractivity contribution in [3.8, 4) is 11.4 Å². The Morgan fingerprint density at radius 1 is 1.18 bits per heavy atom. The third kappa shape index (κ3) is 2.99. The predicted molar refractivity (Wildman–Crippen MR) is 70.3 cm³/mol. The van der Waals surface area contributed by atoms with E-state index in [2.05, 4.69) is 24.0 Å². The van der Waals surface area contributed by atoms with E-state index in [0.29, 0.717) is 16.0 Å². The van der Waals surface area contributed by atoms with E-state index in [-0.39, 0.29) is 0 Å². The molecule has 0 spiro atoms. The molecule has 1 aromatic heterocycles. The Labute approximate surface area is 110 Å². The summed E-state index contributed by atoms with van der Waals surface area (Å²) < 4.78 is 2.01. The number of aromatic nitrogens is 3.